The van der Waals surface area contributed by atoms with Crippen LogP contribution in [0.2, 0.25) is 0 Å². The standard InChI is InChI=1S/C29H46N4O3/c1-5-7-9-11-12-14-19-31-29(35)33-24-17-15-16-23-26(36-21-22(3)4)20-25(32-27(23)24)28(34)30-18-13-10-8-6-2/h15-17,20,22H,5-14,18-19,21H2,1-4H3,(H,30,34)(H2,31,33,35). The molecule has 0 spiro atoms. The molecule has 0 saturated heterocycles. The van der Waals surface area contributed by atoms with Gasteiger partial charge in [0.15, 0.2) is 0 Å². The first-order chi connectivity index (χ1) is 17.5. The smallest absolute Gasteiger partial charge is 0.319 e. The number of unbranched alkanes of at least 4 members (excludes halogenated alkanes) is 8. The normalized spacial score (nSPS) is 11.0. The van der Waals surface area contributed by atoms with E-state index in [1.807, 2.05) is 12.1 Å². The largest absolute Gasteiger partial charge is 0.493 e. The summed E-state index contributed by atoms with van der Waals surface area (Å²) in [7, 11) is 0. The van der Waals surface area contributed by atoms with Crippen LogP contribution in [-0.4, -0.2) is 36.6 Å². The molecule has 0 atom stereocenters. The Morgan fingerprint density at radius 2 is 1.53 bits per heavy atom. The lowest BCUT2D eigenvalue weighted by atomic mass is 10.1. The molecule has 0 unspecified atom stereocenters. The second-order valence-corrected chi connectivity index (χ2v) is 9.88. The van der Waals surface area contributed by atoms with Crippen LogP contribution < -0.4 is 20.7 Å². The van der Waals surface area contributed by atoms with Gasteiger partial charge >= 0.3 is 6.03 Å². The predicted molar refractivity (Wildman–Crippen MR) is 149 cm³/mol. The van der Waals surface area contributed by atoms with Crippen LogP contribution in [-0.2, 0) is 0 Å². The molecule has 3 N–H and O–H groups in total. The summed E-state index contributed by atoms with van der Waals surface area (Å²) in [5, 5.41) is 9.59. The fourth-order valence-electron chi connectivity index (χ4n) is 3.93. The highest BCUT2D eigenvalue weighted by Crippen LogP contribution is 2.31. The third-order valence-electron chi connectivity index (χ3n) is 5.99. The zero-order valence-corrected chi connectivity index (χ0v) is 22.8. The van der Waals surface area contributed by atoms with Gasteiger partial charge < -0.3 is 20.7 Å². The lowest BCUT2D eigenvalue weighted by Crippen LogP contribution is -2.29. The van der Waals surface area contributed by atoms with E-state index in [2.05, 4.69) is 48.6 Å². The molecule has 36 heavy (non-hydrogen) atoms. The lowest BCUT2D eigenvalue weighted by molar-refractivity contribution is 0.0947. The number of pyridine rings is 1. The van der Waals surface area contributed by atoms with Crippen LogP contribution in [0.15, 0.2) is 24.3 Å². The van der Waals surface area contributed by atoms with E-state index in [9.17, 15) is 9.59 Å². The second-order valence-electron chi connectivity index (χ2n) is 9.88. The molecule has 7 heteroatoms. The Bertz CT molecular complexity index is 946. The molecule has 1 aromatic carbocycles. The topological polar surface area (TPSA) is 92.4 Å². The van der Waals surface area contributed by atoms with Crippen LogP contribution >= 0.6 is 0 Å². The van der Waals surface area contributed by atoms with Gasteiger partial charge in [-0.1, -0.05) is 85.1 Å². The van der Waals surface area contributed by atoms with Gasteiger partial charge in [-0.2, -0.15) is 0 Å². The maximum absolute atomic E-state index is 12.9. The first-order valence-corrected chi connectivity index (χ1v) is 13.9. The van der Waals surface area contributed by atoms with Crippen molar-refractivity contribution in [1.82, 2.24) is 15.6 Å². The Kier molecular flexibility index (Phi) is 13.7. The zero-order chi connectivity index (χ0) is 26.2. The summed E-state index contributed by atoms with van der Waals surface area (Å²) >= 11 is 0. The van der Waals surface area contributed by atoms with Gasteiger partial charge in [0.25, 0.3) is 5.91 Å². The zero-order valence-electron chi connectivity index (χ0n) is 22.8. The van der Waals surface area contributed by atoms with Gasteiger partial charge in [-0.05, 0) is 30.9 Å². The minimum absolute atomic E-state index is 0.231. The number of amides is 3. The van der Waals surface area contributed by atoms with Crippen molar-refractivity contribution in [3.63, 3.8) is 0 Å². The summed E-state index contributed by atoms with van der Waals surface area (Å²) in [6.07, 6.45) is 11.4. The molecule has 0 aliphatic carbocycles. The Labute approximate surface area is 217 Å². The molecule has 1 heterocycles. The minimum Gasteiger partial charge on any atom is -0.493 e. The number of hydrogen-bond donors (Lipinski definition) is 3. The number of para-hydroxylation sites is 1. The Morgan fingerprint density at radius 1 is 0.889 bits per heavy atom. The van der Waals surface area contributed by atoms with Crippen LogP contribution in [0.1, 0.15) is 102 Å². The number of aromatic nitrogens is 1. The number of carbonyl (C=O) groups is 2. The third kappa shape index (κ3) is 10.4. The SMILES string of the molecule is CCCCCCCCNC(=O)Nc1cccc2c(OCC(C)C)cc(C(=O)NCCCCCC)nc12. The van der Waals surface area contributed by atoms with Gasteiger partial charge in [0.05, 0.1) is 17.8 Å². The number of fused-ring (bicyclic) bond motifs is 1. The number of rotatable bonds is 17. The summed E-state index contributed by atoms with van der Waals surface area (Å²) in [6.45, 7) is 10.3. The highest BCUT2D eigenvalue weighted by Gasteiger charge is 2.16. The lowest BCUT2D eigenvalue weighted by Gasteiger charge is -2.15. The molecule has 3 amide bonds. The summed E-state index contributed by atoms with van der Waals surface area (Å²) in [4.78, 5) is 30.1. The quantitative estimate of drug-likeness (QED) is 0.204. The van der Waals surface area contributed by atoms with Crippen molar-refractivity contribution in [3.05, 3.63) is 30.0 Å². The number of ether oxygens (including phenoxy) is 1. The first kappa shape index (κ1) is 29.4. The van der Waals surface area contributed by atoms with Crippen LogP contribution in [0, 0.1) is 5.92 Å². The van der Waals surface area contributed by atoms with E-state index >= 15 is 0 Å². The molecule has 2 aromatic rings. The van der Waals surface area contributed by atoms with Crippen molar-refractivity contribution < 1.29 is 14.3 Å². The predicted octanol–water partition coefficient (Wildman–Crippen LogP) is 7.06. The molecule has 200 valence electrons. The summed E-state index contributed by atoms with van der Waals surface area (Å²) in [5.41, 5.74) is 1.39. The molecule has 2 rings (SSSR count). The molecule has 0 saturated carbocycles. The molecule has 1 aromatic heterocycles. The highest BCUT2D eigenvalue weighted by molar-refractivity contribution is 6.04. The molecule has 7 nitrogen and oxygen atoms in total. The molecule has 0 bridgehead atoms. The molecular formula is C29H46N4O3. The Hall–Kier alpha value is -2.83. The maximum Gasteiger partial charge on any atom is 0.319 e. The fourth-order valence-corrected chi connectivity index (χ4v) is 3.93. The van der Waals surface area contributed by atoms with Gasteiger partial charge in [-0.3, -0.25) is 4.79 Å². The number of benzene rings is 1. The molecular weight excluding hydrogens is 452 g/mol. The van der Waals surface area contributed by atoms with Crippen molar-refractivity contribution in [2.24, 2.45) is 5.92 Å². The number of nitrogens with one attached hydrogen (secondary N) is 3. The van der Waals surface area contributed by atoms with Gasteiger partial charge in [0.1, 0.15) is 11.4 Å². The fraction of sp³-hybridized carbons (Fsp3) is 0.621. The second kappa shape index (κ2) is 16.8. The van der Waals surface area contributed by atoms with Crippen LogP contribution in [0.25, 0.3) is 10.9 Å². The number of anilines is 1. The average Bonchev–Trinajstić information content (AvgIpc) is 2.86. The van der Waals surface area contributed by atoms with E-state index in [4.69, 9.17) is 4.74 Å². The van der Waals surface area contributed by atoms with Gasteiger partial charge in [-0.25, -0.2) is 9.78 Å². The van der Waals surface area contributed by atoms with Crippen molar-refractivity contribution in [2.45, 2.75) is 91.9 Å². The number of carbonyl (C=O) groups excluding carboxylic acids is 2. The van der Waals surface area contributed by atoms with Crippen LogP contribution in [0.5, 0.6) is 5.75 Å². The van der Waals surface area contributed by atoms with E-state index in [-0.39, 0.29) is 11.9 Å². The van der Waals surface area contributed by atoms with Gasteiger partial charge in [0, 0.05) is 24.5 Å². The molecule has 0 aliphatic rings. The van der Waals surface area contributed by atoms with Crippen LogP contribution in [0.4, 0.5) is 10.5 Å². The minimum atomic E-state index is -0.270. The summed E-state index contributed by atoms with van der Waals surface area (Å²) in [6, 6.07) is 7.01. The van der Waals surface area contributed by atoms with E-state index in [1.165, 1.54) is 25.7 Å². The molecule has 0 aliphatic heterocycles. The summed E-state index contributed by atoms with van der Waals surface area (Å²) < 4.78 is 6.06. The molecule has 0 fully saturated rings. The third-order valence-corrected chi connectivity index (χ3v) is 5.99. The summed E-state index contributed by atoms with van der Waals surface area (Å²) in [5.74, 6) is 0.698. The number of hydrogen-bond acceptors (Lipinski definition) is 4. The monoisotopic (exact) mass is 498 g/mol. The molecule has 0 radical (unpaired) electrons. The van der Waals surface area contributed by atoms with Gasteiger partial charge in [0.2, 0.25) is 0 Å². The highest BCUT2D eigenvalue weighted by atomic mass is 16.5. The van der Waals surface area contributed by atoms with Crippen molar-refractivity contribution in [1.29, 1.82) is 0 Å². The Morgan fingerprint density at radius 3 is 2.22 bits per heavy atom. The van der Waals surface area contributed by atoms with E-state index in [0.29, 0.717) is 48.3 Å². The van der Waals surface area contributed by atoms with Crippen LogP contribution in [0.3, 0.4) is 0 Å². The number of urea groups is 1. The maximum atomic E-state index is 12.9. The van der Waals surface area contributed by atoms with Crippen molar-refractivity contribution in [3.8, 4) is 5.75 Å². The van der Waals surface area contributed by atoms with Crippen molar-refractivity contribution in [2.75, 3.05) is 25.0 Å². The number of nitrogens with zero attached hydrogens (tertiary/aromatic N) is 1. The van der Waals surface area contributed by atoms with E-state index in [1.54, 1.807) is 12.1 Å². The van der Waals surface area contributed by atoms with Crippen molar-refractivity contribution >= 4 is 28.5 Å². The van der Waals surface area contributed by atoms with E-state index < -0.39 is 0 Å². The Balaban J connectivity index is 2.13. The average molecular weight is 499 g/mol. The van der Waals surface area contributed by atoms with Gasteiger partial charge in [-0.15, -0.1) is 0 Å². The van der Waals surface area contributed by atoms with E-state index in [0.717, 1.165) is 43.9 Å². The first-order valence-electron chi connectivity index (χ1n) is 13.9.